The highest BCUT2D eigenvalue weighted by atomic mass is 16.3. The molecule has 2 fully saturated rings. The van der Waals surface area contributed by atoms with Crippen molar-refractivity contribution in [2.75, 3.05) is 26.2 Å². The monoisotopic (exact) mass is 334 g/mol. The number of piperidine rings is 2. The van der Waals surface area contributed by atoms with Gasteiger partial charge < -0.3 is 19.3 Å². The topological polar surface area (TPSA) is 74.0 Å². The van der Waals surface area contributed by atoms with Gasteiger partial charge in [-0.1, -0.05) is 0 Å². The van der Waals surface area contributed by atoms with Crippen molar-refractivity contribution in [2.24, 2.45) is 5.41 Å². The minimum atomic E-state index is -0.505. The van der Waals surface area contributed by atoms with Crippen LogP contribution in [0.2, 0.25) is 0 Å². The molecule has 2 aliphatic rings. The zero-order chi connectivity index (χ0) is 17.3. The summed E-state index contributed by atoms with van der Waals surface area (Å²) in [6.07, 6.45) is 4.28. The highest BCUT2D eigenvalue weighted by molar-refractivity contribution is 5.95. The largest absolute Gasteiger partial charge is 0.469 e. The van der Waals surface area contributed by atoms with Gasteiger partial charge in [0.2, 0.25) is 5.91 Å². The predicted octanol–water partition coefficient (Wildman–Crippen LogP) is 1.81. The lowest BCUT2D eigenvalue weighted by atomic mass is 9.72. The first-order valence-corrected chi connectivity index (χ1v) is 8.69. The first-order chi connectivity index (χ1) is 11.4. The Balaban J connectivity index is 1.63. The molecule has 1 N–H and O–H groups in total. The lowest BCUT2D eigenvalue weighted by molar-refractivity contribution is -0.140. The van der Waals surface area contributed by atoms with Crippen LogP contribution in [0.25, 0.3) is 0 Å². The van der Waals surface area contributed by atoms with Gasteiger partial charge in [-0.3, -0.25) is 9.59 Å². The van der Waals surface area contributed by atoms with Crippen LogP contribution in [0, 0.1) is 12.3 Å². The third-order valence-electron chi connectivity index (χ3n) is 5.43. The Kier molecular flexibility index (Phi) is 4.67. The summed E-state index contributed by atoms with van der Waals surface area (Å²) in [7, 11) is 0. The van der Waals surface area contributed by atoms with Gasteiger partial charge in [0.15, 0.2) is 0 Å². The third kappa shape index (κ3) is 3.34. The van der Waals surface area contributed by atoms with Crippen LogP contribution in [0.5, 0.6) is 0 Å². The number of carbonyl (C=O) groups is 2. The Morgan fingerprint density at radius 1 is 1.38 bits per heavy atom. The molecule has 6 nitrogen and oxygen atoms in total. The summed E-state index contributed by atoms with van der Waals surface area (Å²) >= 11 is 0. The van der Waals surface area contributed by atoms with E-state index in [-0.39, 0.29) is 17.2 Å². The van der Waals surface area contributed by atoms with Crippen LogP contribution >= 0.6 is 0 Å². The molecule has 2 amide bonds. The molecule has 0 aliphatic carbocycles. The van der Waals surface area contributed by atoms with Crippen LogP contribution in [0.1, 0.15) is 48.7 Å². The van der Waals surface area contributed by atoms with Crippen molar-refractivity contribution in [2.45, 2.75) is 45.6 Å². The van der Waals surface area contributed by atoms with Gasteiger partial charge >= 0.3 is 0 Å². The molecule has 3 rings (SSSR count). The van der Waals surface area contributed by atoms with Crippen LogP contribution in [0.3, 0.4) is 0 Å². The van der Waals surface area contributed by atoms with Crippen molar-refractivity contribution >= 4 is 11.8 Å². The molecular formula is C18H26N2O4. The molecule has 24 heavy (non-hydrogen) atoms. The fourth-order valence-corrected chi connectivity index (χ4v) is 3.96. The molecule has 1 spiro atoms. The molecule has 0 radical (unpaired) electrons. The fraction of sp³-hybridized carbons (Fsp3) is 0.667. The molecule has 0 saturated carbocycles. The Hall–Kier alpha value is -1.82. The predicted molar refractivity (Wildman–Crippen MR) is 88.5 cm³/mol. The van der Waals surface area contributed by atoms with Crippen LogP contribution in [0.15, 0.2) is 16.7 Å². The number of aliphatic hydroxyl groups is 1. The van der Waals surface area contributed by atoms with Gasteiger partial charge in [-0.05, 0) is 44.6 Å². The van der Waals surface area contributed by atoms with E-state index in [1.165, 1.54) is 0 Å². The number of amides is 2. The first kappa shape index (κ1) is 17.0. The minimum Gasteiger partial charge on any atom is -0.469 e. The standard InChI is InChI=1S/C18H26N2O4/c1-13(21)11-20-12-18(5-3-16(20)22)6-8-19(9-7-18)17(23)15-4-10-24-14(15)2/h4,10,13,21H,3,5-9,11-12H2,1-2H3. The van der Waals surface area contributed by atoms with Gasteiger partial charge in [-0.2, -0.15) is 0 Å². The first-order valence-electron chi connectivity index (χ1n) is 8.69. The van der Waals surface area contributed by atoms with E-state index < -0.39 is 6.10 Å². The quantitative estimate of drug-likeness (QED) is 0.915. The number of aliphatic hydroxyl groups excluding tert-OH is 1. The maximum atomic E-state index is 12.6. The Morgan fingerprint density at radius 3 is 2.67 bits per heavy atom. The molecule has 2 saturated heterocycles. The van der Waals surface area contributed by atoms with Crippen LogP contribution in [-0.2, 0) is 4.79 Å². The van der Waals surface area contributed by atoms with E-state index in [1.807, 2.05) is 4.90 Å². The summed E-state index contributed by atoms with van der Waals surface area (Å²) < 4.78 is 5.23. The lowest BCUT2D eigenvalue weighted by Gasteiger charge is -2.47. The van der Waals surface area contributed by atoms with E-state index in [1.54, 1.807) is 31.1 Å². The van der Waals surface area contributed by atoms with Gasteiger partial charge in [0.25, 0.3) is 5.91 Å². The van der Waals surface area contributed by atoms with E-state index >= 15 is 0 Å². The highest BCUT2D eigenvalue weighted by Crippen LogP contribution is 2.40. The van der Waals surface area contributed by atoms with Crippen LogP contribution in [0.4, 0.5) is 0 Å². The Labute approximate surface area is 142 Å². The molecule has 2 aliphatic heterocycles. The van der Waals surface area contributed by atoms with Gasteiger partial charge in [0.05, 0.1) is 17.9 Å². The van der Waals surface area contributed by atoms with Gasteiger partial charge in [-0.25, -0.2) is 0 Å². The molecule has 1 atom stereocenters. The van der Waals surface area contributed by atoms with Crippen LogP contribution < -0.4 is 0 Å². The third-order valence-corrected chi connectivity index (χ3v) is 5.43. The second-order valence-corrected chi connectivity index (χ2v) is 7.31. The van der Waals surface area contributed by atoms with E-state index in [0.717, 1.165) is 19.3 Å². The van der Waals surface area contributed by atoms with Gasteiger partial charge in [0, 0.05) is 32.6 Å². The number of aryl methyl sites for hydroxylation is 1. The van der Waals surface area contributed by atoms with Crippen LogP contribution in [-0.4, -0.2) is 59.0 Å². The molecule has 1 aromatic heterocycles. The Morgan fingerprint density at radius 2 is 2.08 bits per heavy atom. The van der Waals surface area contributed by atoms with Crippen molar-refractivity contribution < 1.29 is 19.1 Å². The average molecular weight is 334 g/mol. The zero-order valence-electron chi connectivity index (χ0n) is 14.5. The molecule has 6 heteroatoms. The number of likely N-dealkylation sites (tertiary alicyclic amines) is 2. The summed E-state index contributed by atoms with van der Waals surface area (Å²) in [5.74, 6) is 0.824. The Bertz CT molecular complexity index is 614. The maximum absolute atomic E-state index is 12.6. The van der Waals surface area contributed by atoms with Crippen molar-refractivity contribution in [3.05, 3.63) is 23.7 Å². The number of nitrogens with zero attached hydrogens (tertiary/aromatic N) is 2. The van der Waals surface area contributed by atoms with E-state index in [2.05, 4.69) is 0 Å². The smallest absolute Gasteiger partial charge is 0.257 e. The molecule has 1 aromatic rings. The van der Waals surface area contributed by atoms with E-state index in [9.17, 15) is 14.7 Å². The van der Waals surface area contributed by atoms with Crippen molar-refractivity contribution in [3.8, 4) is 0 Å². The second kappa shape index (κ2) is 6.59. The molecule has 0 bridgehead atoms. The van der Waals surface area contributed by atoms with Gasteiger partial charge in [-0.15, -0.1) is 0 Å². The summed E-state index contributed by atoms with van der Waals surface area (Å²) in [6, 6.07) is 1.73. The number of hydrogen-bond donors (Lipinski definition) is 1. The number of rotatable bonds is 3. The number of carbonyl (C=O) groups excluding carboxylic acids is 2. The normalized spacial score (nSPS) is 22.0. The summed E-state index contributed by atoms with van der Waals surface area (Å²) in [4.78, 5) is 28.3. The fourth-order valence-electron chi connectivity index (χ4n) is 3.96. The van der Waals surface area contributed by atoms with Crippen molar-refractivity contribution in [1.82, 2.24) is 9.80 Å². The summed E-state index contributed by atoms with van der Waals surface area (Å²) in [5.41, 5.74) is 0.728. The number of furan rings is 1. The molecule has 1 unspecified atom stereocenters. The van der Waals surface area contributed by atoms with Crippen molar-refractivity contribution in [1.29, 1.82) is 0 Å². The van der Waals surface area contributed by atoms with E-state index in [4.69, 9.17) is 4.42 Å². The van der Waals surface area contributed by atoms with E-state index in [0.29, 0.717) is 43.9 Å². The molecule has 3 heterocycles. The minimum absolute atomic E-state index is 0.0313. The SMILES string of the molecule is Cc1occc1C(=O)N1CCC2(CCC(=O)N(CC(C)O)C2)CC1. The number of β-amino-alcohol motifs (C(OH)–C–C–N with tert-alkyl or cyclic N) is 1. The lowest BCUT2D eigenvalue weighted by Crippen LogP contribution is -2.53. The van der Waals surface area contributed by atoms with Gasteiger partial charge in [0.1, 0.15) is 5.76 Å². The molecule has 0 aromatic carbocycles. The zero-order valence-corrected chi connectivity index (χ0v) is 14.5. The van der Waals surface area contributed by atoms with Crippen molar-refractivity contribution in [3.63, 3.8) is 0 Å². The number of hydrogen-bond acceptors (Lipinski definition) is 4. The highest BCUT2D eigenvalue weighted by Gasteiger charge is 2.42. The molecule has 132 valence electrons. The molecular weight excluding hydrogens is 308 g/mol. The summed E-state index contributed by atoms with van der Waals surface area (Å²) in [6.45, 7) is 6.03. The maximum Gasteiger partial charge on any atom is 0.257 e. The average Bonchev–Trinajstić information content (AvgIpc) is 2.97. The second-order valence-electron chi connectivity index (χ2n) is 7.31. The summed E-state index contributed by atoms with van der Waals surface area (Å²) in [5, 5.41) is 9.60.